The highest BCUT2D eigenvalue weighted by Crippen LogP contribution is 2.26. The molecule has 0 radical (unpaired) electrons. The molecule has 8 heteroatoms. The van der Waals surface area contributed by atoms with Crippen LogP contribution in [0, 0.1) is 0 Å². The van der Waals surface area contributed by atoms with Crippen LogP contribution in [0.3, 0.4) is 0 Å². The number of aromatic nitrogens is 3. The SMILES string of the molecule is Cn1nc(C(=O)Nc2nc(-c3ccc(Br)cc3)cs2)c(=O)c2ccccc21. The first kappa shape index (κ1) is 17.6. The van der Waals surface area contributed by atoms with Crippen LogP contribution in [0.1, 0.15) is 10.5 Å². The van der Waals surface area contributed by atoms with Gasteiger partial charge in [-0.3, -0.25) is 19.6 Å². The highest BCUT2D eigenvalue weighted by atomic mass is 79.9. The Kier molecular flexibility index (Phi) is 4.59. The van der Waals surface area contributed by atoms with Crippen LogP contribution >= 0.6 is 27.3 Å². The zero-order valence-corrected chi connectivity index (χ0v) is 16.5. The topological polar surface area (TPSA) is 76.9 Å². The number of hydrogen-bond acceptors (Lipinski definition) is 5. The number of rotatable bonds is 3. The molecule has 2 aromatic carbocycles. The van der Waals surface area contributed by atoms with Crippen molar-refractivity contribution in [3.05, 3.63) is 74.3 Å². The molecular formula is C19H13BrN4O2S. The molecule has 27 heavy (non-hydrogen) atoms. The van der Waals surface area contributed by atoms with Crippen molar-refractivity contribution in [3.63, 3.8) is 0 Å². The Hall–Kier alpha value is -2.84. The van der Waals surface area contributed by atoms with Crippen LogP contribution in [-0.4, -0.2) is 20.7 Å². The van der Waals surface area contributed by atoms with Crippen LogP contribution < -0.4 is 10.7 Å². The van der Waals surface area contributed by atoms with Crippen molar-refractivity contribution < 1.29 is 4.79 Å². The third kappa shape index (κ3) is 3.41. The van der Waals surface area contributed by atoms with Gasteiger partial charge in [0, 0.05) is 27.9 Å². The van der Waals surface area contributed by atoms with Gasteiger partial charge in [-0.25, -0.2) is 4.98 Å². The van der Waals surface area contributed by atoms with E-state index >= 15 is 0 Å². The zero-order valence-electron chi connectivity index (χ0n) is 14.1. The number of halogens is 1. The second-order valence-electron chi connectivity index (χ2n) is 5.82. The quantitative estimate of drug-likeness (QED) is 0.520. The maximum atomic E-state index is 12.6. The van der Waals surface area contributed by atoms with E-state index in [4.69, 9.17) is 0 Å². The lowest BCUT2D eigenvalue weighted by atomic mass is 10.2. The monoisotopic (exact) mass is 440 g/mol. The number of hydrogen-bond donors (Lipinski definition) is 1. The fraction of sp³-hybridized carbons (Fsp3) is 0.0526. The molecule has 6 nitrogen and oxygen atoms in total. The van der Waals surface area contributed by atoms with E-state index in [1.807, 2.05) is 35.7 Å². The van der Waals surface area contributed by atoms with Crippen molar-refractivity contribution in [2.75, 3.05) is 5.32 Å². The first-order valence-corrected chi connectivity index (χ1v) is 9.69. The molecule has 134 valence electrons. The van der Waals surface area contributed by atoms with Gasteiger partial charge in [-0.15, -0.1) is 11.3 Å². The molecule has 1 amide bonds. The summed E-state index contributed by atoms with van der Waals surface area (Å²) in [6, 6.07) is 14.8. The number of benzene rings is 2. The number of anilines is 1. The van der Waals surface area contributed by atoms with Crippen molar-refractivity contribution in [1.29, 1.82) is 0 Å². The summed E-state index contributed by atoms with van der Waals surface area (Å²) in [5.74, 6) is -0.571. The molecule has 4 rings (SSSR count). The van der Waals surface area contributed by atoms with Gasteiger partial charge >= 0.3 is 0 Å². The van der Waals surface area contributed by atoms with Crippen LogP contribution in [0.4, 0.5) is 5.13 Å². The first-order chi connectivity index (χ1) is 13.0. The molecule has 0 spiro atoms. The Morgan fingerprint density at radius 3 is 2.67 bits per heavy atom. The number of carbonyl (C=O) groups excluding carboxylic acids is 1. The third-order valence-corrected chi connectivity index (χ3v) is 5.33. The molecule has 4 aromatic rings. The first-order valence-electron chi connectivity index (χ1n) is 8.02. The zero-order chi connectivity index (χ0) is 19.0. The summed E-state index contributed by atoms with van der Waals surface area (Å²) in [5, 5.41) is 9.53. The average Bonchev–Trinajstić information content (AvgIpc) is 3.13. The second kappa shape index (κ2) is 7.05. The lowest BCUT2D eigenvalue weighted by molar-refractivity contribution is 0.101. The molecule has 2 aromatic heterocycles. The summed E-state index contributed by atoms with van der Waals surface area (Å²) in [5.41, 5.74) is 1.81. The molecule has 0 fully saturated rings. The minimum absolute atomic E-state index is 0.156. The van der Waals surface area contributed by atoms with E-state index in [1.165, 1.54) is 16.0 Å². The van der Waals surface area contributed by atoms with Crippen molar-refractivity contribution in [1.82, 2.24) is 14.8 Å². The molecule has 0 aliphatic carbocycles. The number of para-hydroxylation sites is 1. The highest BCUT2D eigenvalue weighted by Gasteiger charge is 2.18. The molecule has 0 saturated heterocycles. The Morgan fingerprint density at radius 1 is 1.15 bits per heavy atom. The Bertz CT molecular complexity index is 1210. The number of nitrogens with one attached hydrogen (secondary N) is 1. The Labute approximate surface area is 166 Å². The van der Waals surface area contributed by atoms with Gasteiger partial charge in [-0.2, -0.15) is 5.10 Å². The van der Waals surface area contributed by atoms with Crippen LogP contribution in [0.5, 0.6) is 0 Å². The van der Waals surface area contributed by atoms with Gasteiger partial charge in [0.2, 0.25) is 5.43 Å². The van der Waals surface area contributed by atoms with Gasteiger partial charge in [0.15, 0.2) is 10.8 Å². The standard InChI is InChI=1S/C19H13BrN4O2S/c1-24-15-5-3-2-4-13(15)17(25)16(23-24)18(26)22-19-21-14(10-27-19)11-6-8-12(20)9-7-11/h2-10H,1H3,(H,21,22,26). The molecule has 0 saturated carbocycles. The molecule has 0 aliphatic rings. The number of thiazole rings is 1. The van der Waals surface area contributed by atoms with Crippen LogP contribution in [0.15, 0.2) is 63.2 Å². The molecule has 0 unspecified atom stereocenters. The predicted molar refractivity (Wildman–Crippen MR) is 110 cm³/mol. The molecule has 0 bridgehead atoms. The minimum atomic E-state index is -0.571. The summed E-state index contributed by atoms with van der Waals surface area (Å²) < 4.78 is 2.51. The average molecular weight is 441 g/mol. The van der Waals surface area contributed by atoms with E-state index in [1.54, 1.807) is 25.2 Å². The molecule has 1 N–H and O–H groups in total. The Morgan fingerprint density at radius 2 is 1.89 bits per heavy atom. The summed E-state index contributed by atoms with van der Waals surface area (Å²) >= 11 is 4.69. The molecular weight excluding hydrogens is 428 g/mol. The Balaban J connectivity index is 1.63. The maximum Gasteiger partial charge on any atom is 0.281 e. The second-order valence-corrected chi connectivity index (χ2v) is 7.59. The van der Waals surface area contributed by atoms with Crippen LogP contribution in [0.25, 0.3) is 22.2 Å². The van der Waals surface area contributed by atoms with Crippen molar-refractivity contribution in [2.24, 2.45) is 7.05 Å². The van der Waals surface area contributed by atoms with E-state index < -0.39 is 11.3 Å². The fourth-order valence-electron chi connectivity index (χ4n) is 2.71. The van der Waals surface area contributed by atoms with Crippen molar-refractivity contribution in [3.8, 4) is 11.3 Å². The van der Waals surface area contributed by atoms with Gasteiger partial charge in [0.05, 0.1) is 11.2 Å². The third-order valence-electron chi connectivity index (χ3n) is 4.04. The summed E-state index contributed by atoms with van der Waals surface area (Å²) in [4.78, 5) is 29.6. The minimum Gasteiger partial charge on any atom is -0.296 e. The van der Waals surface area contributed by atoms with Gasteiger partial charge in [-0.1, -0.05) is 40.2 Å². The van der Waals surface area contributed by atoms with Gasteiger partial charge in [0.1, 0.15) is 0 Å². The molecule has 0 aliphatic heterocycles. The lowest BCUT2D eigenvalue weighted by Crippen LogP contribution is -2.26. The summed E-state index contributed by atoms with van der Waals surface area (Å²) in [6.07, 6.45) is 0. The maximum absolute atomic E-state index is 12.6. The van der Waals surface area contributed by atoms with E-state index in [2.05, 4.69) is 31.3 Å². The van der Waals surface area contributed by atoms with Gasteiger partial charge < -0.3 is 0 Å². The normalized spacial score (nSPS) is 10.9. The van der Waals surface area contributed by atoms with Crippen LogP contribution in [-0.2, 0) is 7.05 Å². The van der Waals surface area contributed by atoms with E-state index in [0.717, 1.165) is 15.7 Å². The number of aryl methyl sites for hydroxylation is 1. The number of amides is 1. The number of nitrogens with zero attached hydrogens (tertiary/aromatic N) is 3. The lowest BCUT2D eigenvalue weighted by Gasteiger charge is -2.07. The smallest absolute Gasteiger partial charge is 0.281 e. The van der Waals surface area contributed by atoms with Crippen molar-refractivity contribution in [2.45, 2.75) is 0 Å². The number of carbonyl (C=O) groups is 1. The predicted octanol–water partition coefficient (Wildman–Crippen LogP) is 4.07. The summed E-state index contributed by atoms with van der Waals surface area (Å²) in [7, 11) is 1.70. The summed E-state index contributed by atoms with van der Waals surface area (Å²) in [6.45, 7) is 0. The van der Waals surface area contributed by atoms with Gasteiger partial charge in [-0.05, 0) is 24.3 Å². The number of fused-ring (bicyclic) bond motifs is 1. The van der Waals surface area contributed by atoms with Gasteiger partial charge in [0.25, 0.3) is 5.91 Å². The van der Waals surface area contributed by atoms with Crippen LogP contribution in [0.2, 0.25) is 0 Å². The molecule has 0 atom stereocenters. The van der Waals surface area contributed by atoms with Crippen molar-refractivity contribution >= 4 is 49.2 Å². The largest absolute Gasteiger partial charge is 0.296 e. The fourth-order valence-corrected chi connectivity index (χ4v) is 3.69. The van der Waals surface area contributed by atoms with E-state index in [9.17, 15) is 9.59 Å². The van der Waals surface area contributed by atoms with E-state index in [0.29, 0.717) is 16.0 Å². The van der Waals surface area contributed by atoms with E-state index in [-0.39, 0.29) is 5.69 Å². The highest BCUT2D eigenvalue weighted by molar-refractivity contribution is 9.10. The molecule has 2 heterocycles.